The number of hydrogen-bond donors (Lipinski definition) is 0. The highest BCUT2D eigenvalue weighted by Gasteiger charge is 2.41. The molecule has 6 aromatic carbocycles. The van der Waals surface area contributed by atoms with Gasteiger partial charge in [-0.05, 0) is 136 Å². The van der Waals surface area contributed by atoms with Crippen LogP contribution in [0.5, 0.6) is 0 Å². The van der Waals surface area contributed by atoms with E-state index in [1.54, 1.807) is 11.1 Å². The molecule has 0 N–H and O–H groups in total. The van der Waals surface area contributed by atoms with Gasteiger partial charge in [0.1, 0.15) is 0 Å². The monoisotopic (exact) mass is 558 g/mol. The van der Waals surface area contributed by atoms with E-state index in [2.05, 4.69) is 127 Å². The molecule has 0 spiro atoms. The summed E-state index contributed by atoms with van der Waals surface area (Å²) in [4.78, 5) is 0. The van der Waals surface area contributed by atoms with Crippen molar-refractivity contribution in [2.75, 3.05) is 0 Å². The van der Waals surface area contributed by atoms with Crippen molar-refractivity contribution in [3.05, 3.63) is 141 Å². The summed E-state index contributed by atoms with van der Waals surface area (Å²) in [6, 6.07) is 35.2. The van der Waals surface area contributed by atoms with Crippen molar-refractivity contribution >= 4 is 45.8 Å². The maximum absolute atomic E-state index is 2.70. The fourth-order valence-electron chi connectivity index (χ4n) is 9.51. The molecule has 206 valence electrons. The number of rotatable bonds is 1. The Labute approximate surface area is 257 Å². The van der Waals surface area contributed by atoms with Gasteiger partial charge >= 0.3 is 0 Å². The van der Waals surface area contributed by atoms with Gasteiger partial charge in [0.05, 0.1) is 0 Å². The van der Waals surface area contributed by atoms with Crippen molar-refractivity contribution in [3.8, 4) is 33.4 Å². The molecule has 0 fully saturated rings. The molecule has 44 heavy (non-hydrogen) atoms. The van der Waals surface area contributed by atoms with E-state index in [1.807, 2.05) is 0 Å². The number of hydrogen-bond acceptors (Lipinski definition) is 0. The Morgan fingerprint density at radius 1 is 0.568 bits per heavy atom. The predicted octanol–water partition coefficient (Wildman–Crippen LogP) is 9.76. The second kappa shape index (κ2) is 8.36. The predicted molar refractivity (Wildman–Crippen MR) is 186 cm³/mol. The molecule has 0 aromatic heterocycles. The van der Waals surface area contributed by atoms with Crippen LogP contribution in [-0.2, 0) is 6.42 Å². The van der Waals surface area contributed by atoms with E-state index in [-0.39, 0.29) is 0 Å². The standard InChI is InChI=1S/C44H30/c1-2-9-27-20-28(19-18-25(27)8-1)35-21-36-34-17-7-16-31-29-12-3-4-13-30(29)42(44(31)34)24-41(36)40-23-38-33-15-6-11-26-10-5-14-32(43(26)33)37(38)22-39(35)40/h1,3-8,10-14,16-24,33,37-38H,2,9,15H2. The SMILES string of the molecule is C1=Cc2ccc(-c3cc4c(cc5c6c(cccc64)-c4ccccc4-5)c4c3=CC3c5cccc6c5C(CC=C6)C3C=4)cc2CC1. The van der Waals surface area contributed by atoms with Crippen molar-refractivity contribution in [3.63, 3.8) is 0 Å². The van der Waals surface area contributed by atoms with Crippen molar-refractivity contribution in [2.24, 2.45) is 5.92 Å². The molecule has 0 amide bonds. The third kappa shape index (κ3) is 2.94. The van der Waals surface area contributed by atoms with Gasteiger partial charge in [-0.2, -0.15) is 0 Å². The number of allylic oxidation sites excluding steroid dienone is 2. The zero-order valence-corrected chi connectivity index (χ0v) is 24.5. The van der Waals surface area contributed by atoms with Gasteiger partial charge in [-0.3, -0.25) is 0 Å². The average Bonchev–Trinajstić information content (AvgIpc) is 3.58. The summed E-state index contributed by atoms with van der Waals surface area (Å²) in [5.74, 6) is 1.46. The zero-order valence-electron chi connectivity index (χ0n) is 24.5. The molecule has 0 heteroatoms. The largest absolute Gasteiger partial charge is 0.0836 e. The molecule has 5 aliphatic rings. The quantitative estimate of drug-likeness (QED) is 0.176. The Morgan fingerprint density at radius 2 is 1.41 bits per heavy atom. The second-order valence-electron chi connectivity index (χ2n) is 13.4. The fourth-order valence-corrected chi connectivity index (χ4v) is 9.51. The molecule has 3 atom stereocenters. The lowest BCUT2D eigenvalue weighted by atomic mass is 9.78. The van der Waals surface area contributed by atoms with Crippen LogP contribution in [-0.4, -0.2) is 0 Å². The van der Waals surface area contributed by atoms with Crippen LogP contribution in [0.15, 0.2) is 103 Å². The number of aryl methyl sites for hydroxylation is 1. The van der Waals surface area contributed by atoms with Crippen molar-refractivity contribution in [1.29, 1.82) is 0 Å². The van der Waals surface area contributed by atoms with Crippen LogP contribution in [0.3, 0.4) is 0 Å². The smallest absolute Gasteiger partial charge is 0.00995 e. The maximum Gasteiger partial charge on any atom is 0.00995 e. The molecule has 0 saturated carbocycles. The van der Waals surface area contributed by atoms with Gasteiger partial charge < -0.3 is 0 Å². The van der Waals surface area contributed by atoms with Gasteiger partial charge in [-0.15, -0.1) is 0 Å². The third-order valence-corrected chi connectivity index (χ3v) is 11.4. The van der Waals surface area contributed by atoms with Crippen LogP contribution in [0.25, 0.3) is 79.2 Å². The molecule has 6 aromatic rings. The van der Waals surface area contributed by atoms with Gasteiger partial charge in [-0.1, -0.05) is 115 Å². The summed E-state index contributed by atoms with van der Waals surface area (Å²) in [6.07, 6.45) is 18.1. The molecule has 0 bridgehead atoms. The summed E-state index contributed by atoms with van der Waals surface area (Å²) >= 11 is 0. The summed E-state index contributed by atoms with van der Waals surface area (Å²) in [6.45, 7) is 0. The maximum atomic E-state index is 2.70. The third-order valence-electron chi connectivity index (χ3n) is 11.4. The van der Waals surface area contributed by atoms with Gasteiger partial charge in [0.15, 0.2) is 0 Å². The lowest BCUT2D eigenvalue weighted by molar-refractivity contribution is 0.551. The van der Waals surface area contributed by atoms with Crippen LogP contribution < -0.4 is 10.4 Å². The Hall–Kier alpha value is -4.94. The molecule has 0 nitrogen and oxygen atoms in total. The summed E-state index contributed by atoms with van der Waals surface area (Å²) in [5, 5.41) is 8.43. The molecule has 0 heterocycles. The van der Waals surface area contributed by atoms with E-state index < -0.39 is 0 Å². The Morgan fingerprint density at radius 3 is 2.36 bits per heavy atom. The second-order valence-corrected chi connectivity index (χ2v) is 13.4. The zero-order chi connectivity index (χ0) is 28.5. The highest BCUT2D eigenvalue weighted by molar-refractivity contribution is 6.24. The lowest BCUT2D eigenvalue weighted by Crippen LogP contribution is -2.34. The van der Waals surface area contributed by atoms with Gasteiger partial charge in [0.2, 0.25) is 0 Å². The van der Waals surface area contributed by atoms with Crippen LogP contribution in [0, 0.1) is 5.92 Å². The number of benzene rings is 6. The summed E-state index contributed by atoms with van der Waals surface area (Å²) < 4.78 is 0. The van der Waals surface area contributed by atoms with Gasteiger partial charge in [0.25, 0.3) is 0 Å². The van der Waals surface area contributed by atoms with Crippen LogP contribution >= 0.6 is 0 Å². The molecule has 0 saturated heterocycles. The molecule has 5 aliphatic carbocycles. The summed E-state index contributed by atoms with van der Waals surface area (Å²) in [5.41, 5.74) is 15.6. The molecule has 3 unspecified atom stereocenters. The Kier molecular flexibility index (Phi) is 4.47. The molecule has 0 radical (unpaired) electrons. The minimum atomic E-state index is 0.419. The van der Waals surface area contributed by atoms with Gasteiger partial charge in [-0.25, -0.2) is 0 Å². The first-order valence-electron chi connectivity index (χ1n) is 16.3. The normalized spacial score (nSPS) is 20.9. The highest BCUT2D eigenvalue weighted by atomic mass is 14.4. The van der Waals surface area contributed by atoms with E-state index >= 15 is 0 Å². The molecule has 0 aliphatic heterocycles. The molecular weight excluding hydrogens is 528 g/mol. The number of fused-ring (bicyclic) bond motifs is 11. The van der Waals surface area contributed by atoms with E-state index in [0.29, 0.717) is 17.8 Å². The Balaban J connectivity index is 1.28. The van der Waals surface area contributed by atoms with Crippen molar-refractivity contribution in [1.82, 2.24) is 0 Å². The van der Waals surface area contributed by atoms with E-state index in [1.165, 1.54) is 82.1 Å². The highest BCUT2D eigenvalue weighted by Crippen LogP contribution is 2.54. The van der Waals surface area contributed by atoms with Crippen LogP contribution in [0.4, 0.5) is 0 Å². The lowest BCUT2D eigenvalue weighted by Gasteiger charge is -2.26. The van der Waals surface area contributed by atoms with Crippen LogP contribution in [0.2, 0.25) is 0 Å². The topological polar surface area (TPSA) is 0 Å². The fraction of sp³-hybridized carbons (Fsp3) is 0.136. The molecular formula is C44H30. The molecule has 11 rings (SSSR count). The first-order valence-corrected chi connectivity index (χ1v) is 16.3. The first kappa shape index (κ1) is 23.5. The van der Waals surface area contributed by atoms with E-state index in [0.717, 1.165) is 19.3 Å². The minimum absolute atomic E-state index is 0.419. The first-order chi connectivity index (χ1) is 21.8. The van der Waals surface area contributed by atoms with Crippen LogP contribution in [0.1, 0.15) is 52.5 Å². The minimum Gasteiger partial charge on any atom is -0.0836 e. The van der Waals surface area contributed by atoms with Crippen molar-refractivity contribution < 1.29 is 0 Å². The average molecular weight is 559 g/mol. The van der Waals surface area contributed by atoms with Crippen molar-refractivity contribution in [2.45, 2.75) is 31.1 Å². The van der Waals surface area contributed by atoms with E-state index in [4.69, 9.17) is 0 Å². The summed E-state index contributed by atoms with van der Waals surface area (Å²) in [7, 11) is 0. The Bertz CT molecular complexity index is 2480. The van der Waals surface area contributed by atoms with Gasteiger partial charge in [0, 0.05) is 5.92 Å². The van der Waals surface area contributed by atoms with E-state index in [9.17, 15) is 0 Å².